The predicted molar refractivity (Wildman–Crippen MR) is 111 cm³/mol. The van der Waals surface area contributed by atoms with Gasteiger partial charge < -0.3 is 5.32 Å². The van der Waals surface area contributed by atoms with Crippen LogP contribution in [0, 0.1) is 13.8 Å². The second kappa shape index (κ2) is 10.6. The number of carbonyl (C=O) groups is 2. The lowest BCUT2D eigenvalue weighted by Gasteiger charge is -2.20. The molecule has 0 heterocycles. The number of rotatable bonds is 9. The number of hydrogen-bond donors (Lipinski definition) is 3. The van der Waals surface area contributed by atoms with E-state index in [1.54, 1.807) is 5.48 Å². The summed E-state index contributed by atoms with van der Waals surface area (Å²) in [5.41, 5.74) is 7.21. The number of unbranched alkanes of at least 4 members (excludes halogenated alkanes) is 1. The molecule has 0 saturated carbocycles. The lowest BCUT2D eigenvalue weighted by molar-refractivity contribution is -0.130. The molecule has 28 heavy (non-hydrogen) atoms. The van der Waals surface area contributed by atoms with Crippen molar-refractivity contribution in [3.63, 3.8) is 0 Å². The van der Waals surface area contributed by atoms with Gasteiger partial charge in [-0.15, -0.1) is 0 Å². The summed E-state index contributed by atoms with van der Waals surface area (Å²) in [6, 6.07) is 14.5. The number of hydrogen-bond acceptors (Lipinski definition) is 3. The monoisotopic (exact) mass is 382 g/mol. The van der Waals surface area contributed by atoms with Crippen molar-refractivity contribution >= 4 is 11.8 Å². The Bertz CT molecular complexity index is 817. The first-order valence-corrected chi connectivity index (χ1v) is 9.81. The molecular formula is C23H30N2O3. The molecule has 2 aromatic rings. The van der Waals surface area contributed by atoms with Crippen LogP contribution in [-0.2, 0) is 9.59 Å². The fourth-order valence-electron chi connectivity index (χ4n) is 3.36. The average molecular weight is 383 g/mol. The molecule has 5 heteroatoms. The Morgan fingerprint density at radius 1 is 1.04 bits per heavy atom. The molecule has 0 fully saturated rings. The SMILES string of the molecule is CCCCC(=O)NCC(CC(=O)NO)c1ccc(-c2cccc(C)c2)cc1C. The van der Waals surface area contributed by atoms with Gasteiger partial charge in [0.05, 0.1) is 0 Å². The number of aryl methyl sites for hydroxylation is 2. The fourth-order valence-corrected chi connectivity index (χ4v) is 3.36. The number of hydroxylamine groups is 1. The maximum atomic E-state index is 12.0. The van der Waals surface area contributed by atoms with Crippen LogP contribution in [0.15, 0.2) is 42.5 Å². The van der Waals surface area contributed by atoms with Gasteiger partial charge in [-0.1, -0.05) is 61.4 Å². The molecule has 0 spiro atoms. The number of benzene rings is 2. The highest BCUT2D eigenvalue weighted by atomic mass is 16.5. The maximum absolute atomic E-state index is 12.0. The number of amides is 2. The molecule has 0 radical (unpaired) electrons. The van der Waals surface area contributed by atoms with Crippen molar-refractivity contribution in [2.24, 2.45) is 0 Å². The number of nitrogens with one attached hydrogen (secondary N) is 2. The lowest BCUT2D eigenvalue weighted by atomic mass is 9.89. The quantitative estimate of drug-likeness (QED) is 0.448. The van der Waals surface area contributed by atoms with E-state index < -0.39 is 5.91 Å². The Hall–Kier alpha value is -2.66. The molecule has 2 aromatic carbocycles. The van der Waals surface area contributed by atoms with Gasteiger partial charge in [-0.25, -0.2) is 5.48 Å². The Morgan fingerprint density at radius 2 is 1.79 bits per heavy atom. The molecule has 150 valence electrons. The summed E-state index contributed by atoms with van der Waals surface area (Å²) in [7, 11) is 0. The van der Waals surface area contributed by atoms with Crippen molar-refractivity contribution in [1.29, 1.82) is 0 Å². The largest absolute Gasteiger partial charge is 0.355 e. The molecule has 2 rings (SSSR count). The molecule has 3 N–H and O–H groups in total. The van der Waals surface area contributed by atoms with Gasteiger partial charge in [-0.05, 0) is 42.5 Å². The Labute approximate surface area is 167 Å². The molecule has 5 nitrogen and oxygen atoms in total. The van der Waals surface area contributed by atoms with Crippen LogP contribution in [0.3, 0.4) is 0 Å². The minimum absolute atomic E-state index is 0.00899. The van der Waals surface area contributed by atoms with E-state index in [1.807, 2.05) is 32.0 Å². The van der Waals surface area contributed by atoms with Crippen LogP contribution in [0.1, 0.15) is 55.2 Å². The van der Waals surface area contributed by atoms with Crippen LogP contribution in [0.5, 0.6) is 0 Å². The summed E-state index contributed by atoms with van der Waals surface area (Å²) in [5.74, 6) is -0.676. The predicted octanol–water partition coefficient (Wildman–Crippen LogP) is 4.26. The lowest BCUT2D eigenvalue weighted by Crippen LogP contribution is -2.31. The van der Waals surface area contributed by atoms with E-state index in [9.17, 15) is 9.59 Å². The second-order valence-corrected chi connectivity index (χ2v) is 7.28. The summed E-state index contributed by atoms with van der Waals surface area (Å²) >= 11 is 0. The van der Waals surface area contributed by atoms with E-state index in [0.717, 1.165) is 35.1 Å². The summed E-state index contributed by atoms with van der Waals surface area (Å²) in [6.45, 7) is 6.48. The first-order valence-electron chi connectivity index (χ1n) is 9.81. The van der Waals surface area contributed by atoms with E-state index >= 15 is 0 Å². The molecule has 0 aliphatic rings. The van der Waals surface area contributed by atoms with Crippen LogP contribution < -0.4 is 10.8 Å². The Morgan fingerprint density at radius 3 is 2.43 bits per heavy atom. The molecular weight excluding hydrogens is 352 g/mol. The zero-order chi connectivity index (χ0) is 20.5. The summed E-state index contributed by atoms with van der Waals surface area (Å²) < 4.78 is 0. The molecule has 0 saturated heterocycles. The van der Waals surface area contributed by atoms with Gasteiger partial charge in [0, 0.05) is 25.3 Å². The van der Waals surface area contributed by atoms with Crippen molar-refractivity contribution in [2.75, 3.05) is 6.54 Å². The van der Waals surface area contributed by atoms with Gasteiger partial charge in [0.25, 0.3) is 0 Å². The van der Waals surface area contributed by atoms with Crippen molar-refractivity contribution in [2.45, 2.75) is 52.4 Å². The van der Waals surface area contributed by atoms with Crippen LogP contribution in [-0.4, -0.2) is 23.6 Å². The Balaban J connectivity index is 2.21. The summed E-state index contributed by atoms with van der Waals surface area (Å²) in [5, 5.41) is 11.9. The standard InChI is InChI=1S/C23H30N2O3/c1-4-5-9-22(26)24-15-20(14-23(27)25-28)21-11-10-19(13-17(21)3)18-8-6-7-16(2)12-18/h6-8,10-13,20,28H,4-5,9,14-15H2,1-3H3,(H,24,26)(H,25,27). The van der Waals surface area contributed by atoms with Gasteiger partial charge >= 0.3 is 0 Å². The van der Waals surface area contributed by atoms with E-state index in [1.165, 1.54) is 5.56 Å². The highest BCUT2D eigenvalue weighted by Gasteiger charge is 2.19. The molecule has 0 aliphatic carbocycles. The van der Waals surface area contributed by atoms with E-state index in [-0.39, 0.29) is 18.2 Å². The van der Waals surface area contributed by atoms with E-state index in [0.29, 0.717) is 13.0 Å². The third-order valence-corrected chi connectivity index (χ3v) is 4.92. The first kappa shape index (κ1) is 21.6. The second-order valence-electron chi connectivity index (χ2n) is 7.28. The maximum Gasteiger partial charge on any atom is 0.244 e. The van der Waals surface area contributed by atoms with E-state index in [2.05, 4.69) is 36.5 Å². The third-order valence-electron chi connectivity index (χ3n) is 4.92. The fraction of sp³-hybridized carbons (Fsp3) is 0.391. The highest BCUT2D eigenvalue weighted by molar-refractivity contribution is 5.77. The molecule has 0 bridgehead atoms. The smallest absolute Gasteiger partial charge is 0.244 e. The average Bonchev–Trinajstić information content (AvgIpc) is 2.69. The molecule has 1 atom stereocenters. The molecule has 1 unspecified atom stereocenters. The van der Waals surface area contributed by atoms with Crippen molar-refractivity contribution < 1.29 is 14.8 Å². The summed E-state index contributed by atoms with van der Waals surface area (Å²) in [6.07, 6.45) is 2.40. The third kappa shape index (κ3) is 6.20. The molecule has 2 amide bonds. The van der Waals surface area contributed by atoms with Gasteiger partial charge in [0.15, 0.2) is 0 Å². The minimum Gasteiger partial charge on any atom is -0.355 e. The van der Waals surface area contributed by atoms with Crippen LogP contribution in [0.25, 0.3) is 11.1 Å². The molecule has 0 aromatic heterocycles. The zero-order valence-electron chi connectivity index (χ0n) is 16.9. The van der Waals surface area contributed by atoms with Gasteiger partial charge in [0.1, 0.15) is 0 Å². The van der Waals surface area contributed by atoms with Gasteiger partial charge in [-0.2, -0.15) is 0 Å². The van der Waals surface area contributed by atoms with E-state index in [4.69, 9.17) is 5.21 Å². The van der Waals surface area contributed by atoms with Gasteiger partial charge in [-0.3, -0.25) is 14.8 Å². The summed E-state index contributed by atoms with van der Waals surface area (Å²) in [4.78, 5) is 23.8. The van der Waals surface area contributed by atoms with Crippen molar-refractivity contribution in [3.05, 3.63) is 59.2 Å². The highest BCUT2D eigenvalue weighted by Crippen LogP contribution is 2.28. The zero-order valence-corrected chi connectivity index (χ0v) is 16.9. The van der Waals surface area contributed by atoms with Crippen molar-refractivity contribution in [3.8, 4) is 11.1 Å². The minimum atomic E-state index is -0.463. The first-order chi connectivity index (χ1) is 13.4. The van der Waals surface area contributed by atoms with Crippen LogP contribution >= 0.6 is 0 Å². The molecule has 0 aliphatic heterocycles. The number of carbonyl (C=O) groups excluding carboxylic acids is 2. The van der Waals surface area contributed by atoms with Gasteiger partial charge in [0.2, 0.25) is 11.8 Å². The van der Waals surface area contributed by atoms with Crippen LogP contribution in [0.2, 0.25) is 0 Å². The van der Waals surface area contributed by atoms with Crippen molar-refractivity contribution in [1.82, 2.24) is 10.8 Å². The Kier molecular flexibility index (Phi) is 8.20. The normalized spacial score (nSPS) is 11.7. The van der Waals surface area contributed by atoms with Crippen LogP contribution in [0.4, 0.5) is 0 Å². The topological polar surface area (TPSA) is 78.4 Å².